The Morgan fingerprint density at radius 2 is 1.57 bits per heavy atom. The standard InChI is InChI=1S/C20H26N4O3S/c25-18(14-17-19(26)21-15-6-2-3-7-16(15)28-17)22-10-12-24(13-11-22)20(27)23-8-4-1-5-9-23/h2-3,6-7,17H,1,4-5,8-14H2,(H,21,26). The smallest absolute Gasteiger partial charge is 0.320 e. The van der Waals surface area contributed by atoms with Crippen LogP contribution in [0.3, 0.4) is 0 Å². The van der Waals surface area contributed by atoms with Crippen molar-refractivity contribution in [2.75, 3.05) is 44.6 Å². The Kier molecular flexibility index (Phi) is 5.75. The van der Waals surface area contributed by atoms with Gasteiger partial charge in [-0.25, -0.2) is 4.79 Å². The summed E-state index contributed by atoms with van der Waals surface area (Å²) in [7, 11) is 0. The van der Waals surface area contributed by atoms with E-state index in [1.807, 2.05) is 34.1 Å². The van der Waals surface area contributed by atoms with Crippen LogP contribution >= 0.6 is 11.8 Å². The number of likely N-dealkylation sites (tertiary alicyclic amines) is 1. The molecule has 28 heavy (non-hydrogen) atoms. The largest absolute Gasteiger partial charge is 0.339 e. The normalized spacial score (nSPS) is 22.5. The summed E-state index contributed by atoms with van der Waals surface area (Å²) in [6, 6.07) is 7.75. The topological polar surface area (TPSA) is 73.0 Å². The van der Waals surface area contributed by atoms with Gasteiger partial charge in [-0.1, -0.05) is 12.1 Å². The summed E-state index contributed by atoms with van der Waals surface area (Å²) in [4.78, 5) is 44.2. The molecule has 1 unspecified atom stereocenters. The van der Waals surface area contributed by atoms with Crippen molar-refractivity contribution < 1.29 is 14.4 Å². The Bertz CT molecular complexity index is 758. The fourth-order valence-corrected chi connectivity index (χ4v) is 5.05. The van der Waals surface area contributed by atoms with Crippen LogP contribution in [0, 0.1) is 0 Å². The number of hydrogen-bond donors (Lipinski definition) is 1. The van der Waals surface area contributed by atoms with Crippen molar-refractivity contribution in [2.45, 2.75) is 35.8 Å². The SMILES string of the molecule is O=C1Nc2ccccc2SC1CC(=O)N1CCN(C(=O)N2CCCCC2)CC1. The minimum Gasteiger partial charge on any atom is -0.339 e. The van der Waals surface area contributed by atoms with Gasteiger partial charge >= 0.3 is 6.03 Å². The fraction of sp³-hybridized carbons (Fsp3) is 0.550. The van der Waals surface area contributed by atoms with Gasteiger partial charge in [-0.2, -0.15) is 0 Å². The van der Waals surface area contributed by atoms with Gasteiger partial charge in [0.2, 0.25) is 11.8 Å². The van der Waals surface area contributed by atoms with Gasteiger partial charge in [-0.15, -0.1) is 11.8 Å². The third-order valence-electron chi connectivity index (χ3n) is 5.60. The summed E-state index contributed by atoms with van der Waals surface area (Å²) in [5.41, 5.74) is 0.811. The van der Waals surface area contributed by atoms with E-state index in [-0.39, 0.29) is 24.3 Å². The molecule has 0 aromatic heterocycles. The second kappa shape index (κ2) is 8.43. The lowest BCUT2D eigenvalue weighted by Crippen LogP contribution is -2.55. The van der Waals surface area contributed by atoms with E-state index in [1.54, 1.807) is 4.90 Å². The van der Waals surface area contributed by atoms with Crippen molar-refractivity contribution in [1.29, 1.82) is 0 Å². The van der Waals surface area contributed by atoms with Crippen LogP contribution in [-0.4, -0.2) is 77.1 Å². The molecule has 3 aliphatic heterocycles. The molecule has 2 fully saturated rings. The number of anilines is 1. The predicted octanol–water partition coefficient (Wildman–Crippen LogP) is 2.24. The predicted molar refractivity (Wildman–Crippen MR) is 108 cm³/mol. The van der Waals surface area contributed by atoms with E-state index in [4.69, 9.17) is 0 Å². The van der Waals surface area contributed by atoms with E-state index in [0.29, 0.717) is 26.2 Å². The highest BCUT2D eigenvalue weighted by molar-refractivity contribution is 8.01. The molecule has 4 amide bonds. The number of nitrogens with zero attached hydrogens (tertiary/aromatic N) is 3. The molecule has 3 aliphatic rings. The molecule has 0 aliphatic carbocycles. The highest BCUT2D eigenvalue weighted by Gasteiger charge is 2.32. The number of para-hydroxylation sites is 1. The molecule has 4 rings (SSSR count). The average Bonchev–Trinajstić information content (AvgIpc) is 2.74. The van der Waals surface area contributed by atoms with Crippen LogP contribution in [-0.2, 0) is 9.59 Å². The van der Waals surface area contributed by atoms with E-state index in [1.165, 1.54) is 18.2 Å². The quantitative estimate of drug-likeness (QED) is 0.823. The number of fused-ring (bicyclic) bond motifs is 1. The molecule has 0 saturated carbocycles. The number of thioether (sulfide) groups is 1. The molecule has 1 aromatic rings. The van der Waals surface area contributed by atoms with Crippen molar-refractivity contribution >= 4 is 35.3 Å². The van der Waals surface area contributed by atoms with Crippen molar-refractivity contribution in [2.24, 2.45) is 0 Å². The Labute approximate surface area is 169 Å². The van der Waals surface area contributed by atoms with E-state index < -0.39 is 5.25 Å². The van der Waals surface area contributed by atoms with Gasteiger partial charge in [0.1, 0.15) is 0 Å². The number of benzene rings is 1. The van der Waals surface area contributed by atoms with E-state index in [9.17, 15) is 14.4 Å². The van der Waals surface area contributed by atoms with Gasteiger partial charge in [-0.3, -0.25) is 9.59 Å². The second-order valence-electron chi connectivity index (χ2n) is 7.49. The van der Waals surface area contributed by atoms with Crippen LogP contribution in [0.4, 0.5) is 10.5 Å². The van der Waals surface area contributed by atoms with Crippen molar-refractivity contribution in [1.82, 2.24) is 14.7 Å². The van der Waals surface area contributed by atoms with Crippen molar-refractivity contribution in [3.05, 3.63) is 24.3 Å². The number of hydrogen-bond acceptors (Lipinski definition) is 4. The van der Waals surface area contributed by atoms with Crippen molar-refractivity contribution in [3.8, 4) is 0 Å². The van der Waals surface area contributed by atoms with Gasteiger partial charge in [-0.05, 0) is 31.4 Å². The molecule has 7 nitrogen and oxygen atoms in total. The summed E-state index contributed by atoms with van der Waals surface area (Å²) in [5, 5.41) is 2.48. The zero-order valence-electron chi connectivity index (χ0n) is 15.9. The van der Waals surface area contributed by atoms with Crippen LogP contribution < -0.4 is 5.32 Å². The van der Waals surface area contributed by atoms with E-state index in [0.717, 1.165) is 36.5 Å². The maximum absolute atomic E-state index is 12.7. The molecule has 0 bridgehead atoms. The number of nitrogens with one attached hydrogen (secondary N) is 1. The summed E-state index contributed by atoms with van der Waals surface area (Å²) in [6.45, 7) is 3.88. The van der Waals surface area contributed by atoms with Crippen LogP contribution in [0.2, 0.25) is 0 Å². The van der Waals surface area contributed by atoms with Gasteiger partial charge in [0.15, 0.2) is 0 Å². The summed E-state index contributed by atoms with van der Waals surface area (Å²) < 4.78 is 0. The Hall–Kier alpha value is -2.22. The molecule has 0 spiro atoms. The molecule has 0 radical (unpaired) electrons. The first kappa shape index (κ1) is 19.1. The molecule has 2 saturated heterocycles. The second-order valence-corrected chi connectivity index (χ2v) is 8.74. The van der Waals surface area contributed by atoms with E-state index in [2.05, 4.69) is 5.32 Å². The number of amides is 4. The van der Waals surface area contributed by atoms with Crippen LogP contribution in [0.1, 0.15) is 25.7 Å². The number of rotatable bonds is 2. The molecular weight excluding hydrogens is 376 g/mol. The lowest BCUT2D eigenvalue weighted by molar-refractivity contribution is -0.134. The molecule has 1 atom stereocenters. The first-order valence-electron chi connectivity index (χ1n) is 10.00. The minimum atomic E-state index is -0.407. The zero-order chi connectivity index (χ0) is 19.5. The number of piperazine rings is 1. The van der Waals surface area contributed by atoms with Crippen LogP contribution in [0.15, 0.2) is 29.2 Å². The molecule has 150 valence electrons. The first-order chi connectivity index (χ1) is 13.6. The number of urea groups is 1. The van der Waals surface area contributed by atoms with Gasteiger partial charge in [0, 0.05) is 50.6 Å². The molecule has 3 heterocycles. The van der Waals surface area contributed by atoms with Gasteiger partial charge in [0.05, 0.1) is 10.9 Å². The molecular formula is C20H26N4O3S. The summed E-state index contributed by atoms with van der Waals surface area (Å²) in [5.74, 6) is -0.131. The molecule has 1 N–H and O–H groups in total. The number of carbonyl (C=O) groups is 3. The molecule has 1 aromatic carbocycles. The Morgan fingerprint density at radius 1 is 0.929 bits per heavy atom. The molecule has 8 heteroatoms. The van der Waals surface area contributed by atoms with Gasteiger partial charge in [0.25, 0.3) is 0 Å². The lowest BCUT2D eigenvalue weighted by Gasteiger charge is -2.39. The third kappa shape index (κ3) is 4.11. The summed E-state index contributed by atoms with van der Waals surface area (Å²) in [6.07, 6.45) is 3.54. The minimum absolute atomic E-state index is 0.0166. The third-order valence-corrected chi connectivity index (χ3v) is 6.87. The fourth-order valence-electron chi connectivity index (χ4n) is 3.95. The maximum atomic E-state index is 12.7. The van der Waals surface area contributed by atoms with E-state index >= 15 is 0 Å². The average molecular weight is 403 g/mol. The Balaban J connectivity index is 1.28. The highest BCUT2D eigenvalue weighted by atomic mass is 32.2. The first-order valence-corrected chi connectivity index (χ1v) is 10.9. The monoisotopic (exact) mass is 402 g/mol. The van der Waals surface area contributed by atoms with Crippen LogP contribution in [0.5, 0.6) is 0 Å². The highest BCUT2D eigenvalue weighted by Crippen LogP contribution is 2.36. The number of carbonyl (C=O) groups excluding carboxylic acids is 3. The summed E-state index contributed by atoms with van der Waals surface area (Å²) >= 11 is 1.45. The van der Waals surface area contributed by atoms with Crippen molar-refractivity contribution in [3.63, 3.8) is 0 Å². The zero-order valence-corrected chi connectivity index (χ0v) is 16.7. The van der Waals surface area contributed by atoms with Gasteiger partial charge < -0.3 is 20.0 Å². The number of piperidine rings is 1. The lowest BCUT2D eigenvalue weighted by atomic mass is 10.1. The van der Waals surface area contributed by atoms with Crippen LogP contribution in [0.25, 0.3) is 0 Å². The maximum Gasteiger partial charge on any atom is 0.320 e. The Morgan fingerprint density at radius 3 is 2.32 bits per heavy atom.